The zero-order valence-electron chi connectivity index (χ0n) is 16.6. The zero-order valence-corrected chi connectivity index (χ0v) is 16.6. The molecule has 0 saturated heterocycles. The number of carbonyl (C=O) groups is 1. The van der Waals surface area contributed by atoms with Crippen LogP contribution >= 0.6 is 0 Å². The van der Waals surface area contributed by atoms with Crippen LogP contribution in [0.5, 0.6) is 11.5 Å². The zero-order chi connectivity index (χ0) is 20.5. The van der Waals surface area contributed by atoms with E-state index in [-0.39, 0.29) is 5.91 Å². The van der Waals surface area contributed by atoms with Crippen molar-refractivity contribution in [2.45, 2.75) is 13.0 Å². The molecule has 0 fully saturated rings. The molecule has 6 heteroatoms. The Kier molecular flexibility index (Phi) is 7.05. The molecule has 0 atom stereocenters. The first-order valence-corrected chi connectivity index (χ1v) is 9.43. The van der Waals surface area contributed by atoms with Crippen molar-refractivity contribution in [2.75, 3.05) is 26.1 Å². The van der Waals surface area contributed by atoms with Crippen LogP contribution in [0.4, 0.5) is 5.82 Å². The van der Waals surface area contributed by atoms with Crippen molar-refractivity contribution in [3.63, 3.8) is 0 Å². The number of amides is 1. The van der Waals surface area contributed by atoms with E-state index in [9.17, 15) is 4.79 Å². The third kappa shape index (κ3) is 5.48. The van der Waals surface area contributed by atoms with E-state index in [0.717, 1.165) is 29.0 Å². The van der Waals surface area contributed by atoms with Crippen molar-refractivity contribution < 1.29 is 14.3 Å². The molecule has 0 aliphatic rings. The standard InChI is InChI=1S/C23H25N3O3/c1-28-20-9-5-3-7-17(20)11-13-24-22-15-18(12-14-25-22)23(27)26-16-19-8-4-6-10-21(19)29-2/h3-10,12,14-15H,11,13,16H2,1-2H3,(H,24,25)(H,26,27). The van der Waals surface area contributed by atoms with Crippen LogP contribution in [0.25, 0.3) is 0 Å². The minimum atomic E-state index is -0.161. The minimum Gasteiger partial charge on any atom is -0.496 e. The summed E-state index contributed by atoms with van der Waals surface area (Å²) in [5, 5.41) is 6.19. The molecule has 1 aromatic heterocycles. The van der Waals surface area contributed by atoms with Crippen LogP contribution in [-0.4, -0.2) is 31.7 Å². The summed E-state index contributed by atoms with van der Waals surface area (Å²) in [6, 6.07) is 19.0. The lowest BCUT2D eigenvalue weighted by Gasteiger charge is -2.11. The molecule has 1 amide bonds. The molecule has 150 valence electrons. The summed E-state index contributed by atoms with van der Waals surface area (Å²) in [5.41, 5.74) is 2.59. The fraction of sp³-hybridized carbons (Fsp3) is 0.217. The van der Waals surface area contributed by atoms with Gasteiger partial charge in [-0.05, 0) is 36.2 Å². The second kappa shape index (κ2) is 10.1. The van der Waals surface area contributed by atoms with Gasteiger partial charge < -0.3 is 20.1 Å². The normalized spacial score (nSPS) is 10.3. The third-order valence-electron chi connectivity index (χ3n) is 4.55. The van der Waals surface area contributed by atoms with Gasteiger partial charge in [0.25, 0.3) is 5.91 Å². The van der Waals surface area contributed by atoms with Crippen LogP contribution in [0.15, 0.2) is 66.9 Å². The van der Waals surface area contributed by atoms with Crippen LogP contribution in [-0.2, 0) is 13.0 Å². The van der Waals surface area contributed by atoms with Gasteiger partial charge in [-0.3, -0.25) is 4.79 Å². The van der Waals surface area contributed by atoms with E-state index in [1.54, 1.807) is 32.5 Å². The van der Waals surface area contributed by atoms with Crippen molar-refractivity contribution in [1.82, 2.24) is 10.3 Å². The number of pyridine rings is 1. The lowest BCUT2D eigenvalue weighted by atomic mass is 10.1. The number of hydrogen-bond donors (Lipinski definition) is 2. The highest BCUT2D eigenvalue weighted by molar-refractivity contribution is 5.94. The van der Waals surface area contributed by atoms with Gasteiger partial charge in [-0.2, -0.15) is 0 Å². The Labute approximate surface area is 170 Å². The first kappa shape index (κ1) is 20.2. The molecule has 29 heavy (non-hydrogen) atoms. The van der Waals surface area contributed by atoms with Crippen molar-refractivity contribution in [2.24, 2.45) is 0 Å². The Balaban J connectivity index is 1.56. The molecule has 0 bridgehead atoms. The Bertz CT molecular complexity index is 959. The molecule has 0 aliphatic carbocycles. The summed E-state index contributed by atoms with van der Waals surface area (Å²) in [6.07, 6.45) is 2.42. The summed E-state index contributed by atoms with van der Waals surface area (Å²) in [5.74, 6) is 2.11. The van der Waals surface area contributed by atoms with Gasteiger partial charge in [0.15, 0.2) is 0 Å². The third-order valence-corrected chi connectivity index (χ3v) is 4.55. The predicted octanol–water partition coefficient (Wildman–Crippen LogP) is 3.68. The van der Waals surface area contributed by atoms with Gasteiger partial charge in [0.1, 0.15) is 17.3 Å². The number of ether oxygens (including phenoxy) is 2. The molecule has 2 aromatic carbocycles. The predicted molar refractivity (Wildman–Crippen MR) is 114 cm³/mol. The van der Waals surface area contributed by atoms with Gasteiger partial charge in [-0.15, -0.1) is 0 Å². The second-order valence-electron chi connectivity index (χ2n) is 6.41. The van der Waals surface area contributed by atoms with Crippen molar-refractivity contribution in [1.29, 1.82) is 0 Å². The first-order chi connectivity index (χ1) is 14.2. The van der Waals surface area contributed by atoms with Crippen LogP contribution in [0, 0.1) is 0 Å². The van der Waals surface area contributed by atoms with Gasteiger partial charge in [-0.25, -0.2) is 4.98 Å². The molecule has 0 unspecified atom stereocenters. The number of benzene rings is 2. The number of hydrogen-bond acceptors (Lipinski definition) is 5. The fourth-order valence-electron chi connectivity index (χ4n) is 3.03. The van der Waals surface area contributed by atoms with E-state index in [0.29, 0.717) is 24.5 Å². The summed E-state index contributed by atoms with van der Waals surface area (Å²) >= 11 is 0. The summed E-state index contributed by atoms with van der Waals surface area (Å²) in [6.45, 7) is 1.07. The average Bonchev–Trinajstić information content (AvgIpc) is 2.78. The van der Waals surface area contributed by atoms with E-state index < -0.39 is 0 Å². The molecular weight excluding hydrogens is 366 g/mol. The van der Waals surface area contributed by atoms with Crippen molar-refractivity contribution in [3.05, 3.63) is 83.6 Å². The molecule has 1 heterocycles. The summed E-state index contributed by atoms with van der Waals surface area (Å²) in [7, 11) is 3.29. The van der Waals surface area contributed by atoms with E-state index in [4.69, 9.17) is 9.47 Å². The second-order valence-corrected chi connectivity index (χ2v) is 6.41. The van der Waals surface area contributed by atoms with Crippen molar-refractivity contribution >= 4 is 11.7 Å². The van der Waals surface area contributed by atoms with Crippen LogP contribution in [0.2, 0.25) is 0 Å². The number of anilines is 1. The molecule has 0 aliphatic heterocycles. The number of aromatic nitrogens is 1. The van der Waals surface area contributed by atoms with E-state index in [1.165, 1.54) is 0 Å². The Morgan fingerprint density at radius 3 is 2.31 bits per heavy atom. The quantitative estimate of drug-likeness (QED) is 0.582. The Morgan fingerprint density at radius 1 is 0.931 bits per heavy atom. The van der Waals surface area contributed by atoms with E-state index >= 15 is 0 Å². The molecule has 0 radical (unpaired) electrons. The number of methoxy groups -OCH3 is 2. The molecule has 0 saturated carbocycles. The topological polar surface area (TPSA) is 72.5 Å². The maximum Gasteiger partial charge on any atom is 0.251 e. The van der Waals surface area contributed by atoms with Gasteiger partial charge in [0.2, 0.25) is 0 Å². The van der Waals surface area contributed by atoms with Gasteiger partial charge in [-0.1, -0.05) is 36.4 Å². The lowest BCUT2D eigenvalue weighted by molar-refractivity contribution is 0.0950. The fourth-order valence-corrected chi connectivity index (χ4v) is 3.03. The largest absolute Gasteiger partial charge is 0.496 e. The summed E-state index contributed by atoms with van der Waals surface area (Å²) in [4.78, 5) is 16.8. The molecular formula is C23H25N3O3. The van der Waals surface area contributed by atoms with Gasteiger partial charge in [0, 0.05) is 30.4 Å². The lowest BCUT2D eigenvalue weighted by Crippen LogP contribution is -2.23. The van der Waals surface area contributed by atoms with Gasteiger partial charge >= 0.3 is 0 Å². The monoisotopic (exact) mass is 391 g/mol. The number of carbonyl (C=O) groups excluding carboxylic acids is 1. The number of rotatable bonds is 9. The summed E-state index contributed by atoms with van der Waals surface area (Å²) < 4.78 is 10.7. The van der Waals surface area contributed by atoms with Crippen LogP contribution in [0.1, 0.15) is 21.5 Å². The highest BCUT2D eigenvalue weighted by Gasteiger charge is 2.09. The SMILES string of the molecule is COc1ccccc1CCNc1cc(C(=O)NCc2ccccc2OC)ccn1. The van der Waals surface area contributed by atoms with E-state index in [1.807, 2.05) is 48.5 Å². The van der Waals surface area contributed by atoms with Crippen molar-refractivity contribution in [3.8, 4) is 11.5 Å². The molecule has 3 aromatic rings. The maximum atomic E-state index is 12.5. The van der Waals surface area contributed by atoms with Gasteiger partial charge in [0.05, 0.1) is 14.2 Å². The smallest absolute Gasteiger partial charge is 0.251 e. The Morgan fingerprint density at radius 2 is 1.59 bits per heavy atom. The molecule has 0 spiro atoms. The number of nitrogens with one attached hydrogen (secondary N) is 2. The molecule has 6 nitrogen and oxygen atoms in total. The van der Waals surface area contributed by atoms with E-state index in [2.05, 4.69) is 15.6 Å². The minimum absolute atomic E-state index is 0.161. The first-order valence-electron chi connectivity index (χ1n) is 9.43. The molecule has 2 N–H and O–H groups in total. The maximum absolute atomic E-state index is 12.5. The Hall–Kier alpha value is -3.54. The van der Waals surface area contributed by atoms with Crippen LogP contribution < -0.4 is 20.1 Å². The highest BCUT2D eigenvalue weighted by Crippen LogP contribution is 2.18. The average molecular weight is 391 g/mol. The molecule has 3 rings (SSSR count). The highest BCUT2D eigenvalue weighted by atomic mass is 16.5. The van der Waals surface area contributed by atoms with Crippen LogP contribution in [0.3, 0.4) is 0 Å². The number of para-hydroxylation sites is 2. The number of nitrogens with zero attached hydrogens (tertiary/aromatic N) is 1.